The summed E-state index contributed by atoms with van der Waals surface area (Å²) in [5.41, 5.74) is 2.31. The number of benzene rings is 1. The molecule has 6 nitrogen and oxygen atoms in total. The van der Waals surface area contributed by atoms with Gasteiger partial charge in [0.25, 0.3) is 0 Å². The van der Waals surface area contributed by atoms with Gasteiger partial charge in [-0.3, -0.25) is 9.88 Å². The third kappa shape index (κ3) is 4.08. The molecular formula is C20H23N5O. The molecular weight excluding hydrogens is 326 g/mol. The quantitative estimate of drug-likeness (QED) is 0.684. The van der Waals surface area contributed by atoms with Gasteiger partial charge in [-0.1, -0.05) is 24.3 Å². The first kappa shape index (κ1) is 16.7. The molecule has 2 aromatic heterocycles. The molecule has 1 aliphatic heterocycles. The molecule has 0 bridgehead atoms. The van der Waals surface area contributed by atoms with Gasteiger partial charge in [-0.05, 0) is 25.0 Å². The van der Waals surface area contributed by atoms with Crippen LogP contribution in [0.4, 0.5) is 0 Å². The topological polar surface area (TPSA) is 56.1 Å². The van der Waals surface area contributed by atoms with Crippen molar-refractivity contribution in [1.82, 2.24) is 24.6 Å². The van der Waals surface area contributed by atoms with Crippen LogP contribution in [-0.2, 0) is 13.2 Å². The van der Waals surface area contributed by atoms with Crippen molar-refractivity contribution in [2.45, 2.75) is 32.0 Å². The van der Waals surface area contributed by atoms with Gasteiger partial charge >= 0.3 is 0 Å². The molecule has 0 spiro atoms. The highest BCUT2D eigenvalue weighted by Gasteiger charge is 2.21. The number of ether oxygens (including phenoxy) is 1. The van der Waals surface area contributed by atoms with Crippen molar-refractivity contribution < 1.29 is 4.74 Å². The fourth-order valence-corrected chi connectivity index (χ4v) is 3.41. The number of para-hydroxylation sites is 1. The Kier molecular flexibility index (Phi) is 5.21. The second kappa shape index (κ2) is 8.10. The minimum atomic E-state index is 0.464. The van der Waals surface area contributed by atoms with Crippen LogP contribution in [0.25, 0.3) is 0 Å². The third-order valence-electron chi connectivity index (χ3n) is 4.85. The Bertz CT molecular complexity index is 798. The third-order valence-corrected chi connectivity index (χ3v) is 4.85. The maximum absolute atomic E-state index is 6.06. The van der Waals surface area contributed by atoms with E-state index >= 15 is 0 Å². The van der Waals surface area contributed by atoms with E-state index in [2.05, 4.69) is 32.1 Å². The largest absolute Gasteiger partial charge is 0.489 e. The van der Waals surface area contributed by atoms with E-state index in [0.29, 0.717) is 12.6 Å². The number of rotatable bonds is 6. The molecule has 0 unspecified atom stereocenters. The van der Waals surface area contributed by atoms with E-state index in [1.165, 1.54) is 5.56 Å². The van der Waals surface area contributed by atoms with Crippen LogP contribution in [0.15, 0.2) is 61.4 Å². The monoisotopic (exact) mass is 349 g/mol. The zero-order valence-corrected chi connectivity index (χ0v) is 14.7. The highest BCUT2D eigenvalue weighted by Crippen LogP contribution is 2.26. The number of pyridine rings is 1. The SMILES string of the molecule is c1cncc(COc2ccccc2CN2CCC(n3cncn3)CC2)c1. The molecule has 0 saturated carbocycles. The van der Waals surface area contributed by atoms with E-state index in [0.717, 1.165) is 43.8 Å². The smallest absolute Gasteiger partial charge is 0.137 e. The Morgan fingerprint density at radius 3 is 2.69 bits per heavy atom. The van der Waals surface area contributed by atoms with Crippen molar-refractivity contribution in [3.8, 4) is 5.75 Å². The summed E-state index contributed by atoms with van der Waals surface area (Å²) >= 11 is 0. The normalized spacial score (nSPS) is 15.8. The van der Waals surface area contributed by atoms with Crippen molar-refractivity contribution in [3.63, 3.8) is 0 Å². The van der Waals surface area contributed by atoms with Crippen LogP contribution in [0.3, 0.4) is 0 Å². The molecule has 3 aromatic rings. The van der Waals surface area contributed by atoms with Gasteiger partial charge in [0, 0.05) is 43.2 Å². The van der Waals surface area contributed by atoms with Crippen molar-refractivity contribution in [2.75, 3.05) is 13.1 Å². The molecule has 1 aliphatic rings. The summed E-state index contributed by atoms with van der Waals surface area (Å²) in [5.74, 6) is 0.953. The molecule has 0 amide bonds. The van der Waals surface area contributed by atoms with Crippen molar-refractivity contribution in [3.05, 3.63) is 72.6 Å². The predicted octanol–water partition coefficient (Wildman–Crippen LogP) is 3.09. The van der Waals surface area contributed by atoms with Crippen molar-refractivity contribution in [2.24, 2.45) is 0 Å². The Labute approximate surface area is 153 Å². The Hall–Kier alpha value is -2.73. The molecule has 134 valence electrons. The van der Waals surface area contributed by atoms with Gasteiger partial charge in [0.2, 0.25) is 0 Å². The van der Waals surface area contributed by atoms with Gasteiger partial charge in [0.05, 0.1) is 6.04 Å². The van der Waals surface area contributed by atoms with E-state index in [-0.39, 0.29) is 0 Å². The first-order valence-electron chi connectivity index (χ1n) is 9.04. The summed E-state index contributed by atoms with van der Waals surface area (Å²) < 4.78 is 8.04. The average Bonchev–Trinajstić information content (AvgIpc) is 3.24. The molecule has 3 heterocycles. The Balaban J connectivity index is 1.35. The maximum atomic E-state index is 6.06. The first-order chi connectivity index (χ1) is 12.9. The highest BCUT2D eigenvalue weighted by atomic mass is 16.5. The molecule has 26 heavy (non-hydrogen) atoms. The molecule has 0 aliphatic carbocycles. The van der Waals surface area contributed by atoms with E-state index in [4.69, 9.17) is 4.74 Å². The van der Waals surface area contributed by atoms with Crippen LogP contribution in [0.1, 0.15) is 30.0 Å². The predicted molar refractivity (Wildman–Crippen MR) is 98.6 cm³/mol. The van der Waals surface area contributed by atoms with Gasteiger partial charge in [-0.2, -0.15) is 5.10 Å². The van der Waals surface area contributed by atoms with Gasteiger partial charge in [-0.25, -0.2) is 9.67 Å². The summed E-state index contributed by atoms with van der Waals surface area (Å²) in [7, 11) is 0. The summed E-state index contributed by atoms with van der Waals surface area (Å²) in [4.78, 5) is 10.7. The Morgan fingerprint density at radius 1 is 1.04 bits per heavy atom. The molecule has 1 saturated heterocycles. The number of nitrogens with zero attached hydrogens (tertiary/aromatic N) is 5. The molecule has 6 heteroatoms. The first-order valence-corrected chi connectivity index (χ1v) is 9.04. The van der Waals surface area contributed by atoms with Crippen LogP contribution >= 0.6 is 0 Å². The fraction of sp³-hybridized carbons (Fsp3) is 0.350. The van der Waals surface area contributed by atoms with Crippen LogP contribution < -0.4 is 4.74 Å². The number of likely N-dealkylation sites (tertiary alicyclic amines) is 1. The summed E-state index contributed by atoms with van der Waals surface area (Å²) in [6.07, 6.45) is 9.26. The zero-order valence-electron chi connectivity index (χ0n) is 14.7. The zero-order chi connectivity index (χ0) is 17.6. The second-order valence-electron chi connectivity index (χ2n) is 6.64. The lowest BCUT2D eigenvalue weighted by molar-refractivity contribution is 0.170. The molecule has 0 N–H and O–H groups in total. The summed E-state index contributed by atoms with van der Waals surface area (Å²) in [6, 6.07) is 12.7. The molecule has 0 atom stereocenters. The molecule has 4 rings (SSSR count). The fourth-order valence-electron chi connectivity index (χ4n) is 3.41. The Morgan fingerprint density at radius 2 is 1.92 bits per heavy atom. The van der Waals surface area contributed by atoms with E-state index < -0.39 is 0 Å². The average molecular weight is 349 g/mol. The number of hydrogen-bond acceptors (Lipinski definition) is 5. The number of piperidine rings is 1. The standard InChI is InChI=1S/C20H23N5O/c1-2-6-20(26-14-17-4-3-9-21-12-17)18(5-1)13-24-10-7-19(8-11-24)25-16-22-15-23-25/h1-6,9,12,15-16,19H,7-8,10-11,13-14H2. The maximum Gasteiger partial charge on any atom is 0.137 e. The number of aromatic nitrogens is 4. The lowest BCUT2D eigenvalue weighted by Gasteiger charge is -2.32. The van der Waals surface area contributed by atoms with Crippen LogP contribution in [0.5, 0.6) is 5.75 Å². The van der Waals surface area contributed by atoms with Gasteiger partial charge in [0.1, 0.15) is 25.0 Å². The summed E-state index contributed by atoms with van der Waals surface area (Å²) in [5, 5.41) is 4.28. The van der Waals surface area contributed by atoms with Crippen LogP contribution in [0.2, 0.25) is 0 Å². The lowest BCUT2D eigenvalue weighted by atomic mass is 10.0. The van der Waals surface area contributed by atoms with E-state index in [1.807, 2.05) is 41.5 Å². The minimum absolute atomic E-state index is 0.464. The highest BCUT2D eigenvalue weighted by molar-refractivity contribution is 5.33. The molecule has 1 fully saturated rings. The van der Waals surface area contributed by atoms with E-state index in [1.54, 1.807) is 12.5 Å². The van der Waals surface area contributed by atoms with Crippen LogP contribution in [-0.4, -0.2) is 37.7 Å². The minimum Gasteiger partial charge on any atom is -0.489 e. The van der Waals surface area contributed by atoms with Crippen molar-refractivity contribution >= 4 is 0 Å². The summed E-state index contributed by atoms with van der Waals surface area (Å²) in [6.45, 7) is 3.56. The molecule has 1 aromatic carbocycles. The molecule has 0 radical (unpaired) electrons. The van der Waals surface area contributed by atoms with Crippen LogP contribution in [0, 0.1) is 0 Å². The van der Waals surface area contributed by atoms with Gasteiger partial charge in [0.15, 0.2) is 0 Å². The van der Waals surface area contributed by atoms with Crippen molar-refractivity contribution in [1.29, 1.82) is 0 Å². The second-order valence-corrected chi connectivity index (χ2v) is 6.64. The van der Waals surface area contributed by atoms with Gasteiger partial charge < -0.3 is 4.74 Å². The lowest BCUT2D eigenvalue weighted by Crippen LogP contribution is -2.34. The van der Waals surface area contributed by atoms with E-state index in [9.17, 15) is 0 Å². The number of hydrogen-bond donors (Lipinski definition) is 0. The van der Waals surface area contributed by atoms with Gasteiger partial charge in [-0.15, -0.1) is 0 Å².